The van der Waals surface area contributed by atoms with Crippen molar-refractivity contribution < 1.29 is 14.3 Å². The molecule has 1 atom stereocenters. The molecule has 0 bridgehead atoms. The van der Waals surface area contributed by atoms with Crippen LogP contribution in [0.3, 0.4) is 0 Å². The first-order valence-corrected chi connectivity index (χ1v) is 11.2. The molecule has 1 N–H and O–H groups in total. The van der Waals surface area contributed by atoms with Gasteiger partial charge in [-0.05, 0) is 60.9 Å². The summed E-state index contributed by atoms with van der Waals surface area (Å²) in [5, 5.41) is 3.14. The van der Waals surface area contributed by atoms with E-state index in [2.05, 4.69) is 21.3 Å². The number of nitrogens with zero attached hydrogens (tertiary/aromatic N) is 2. The summed E-state index contributed by atoms with van der Waals surface area (Å²) in [5.74, 6) is 1.54. The number of hydrogen-bond acceptors (Lipinski definition) is 5. The van der Waals surface area contributed by atoms with Crippen LogP contribution in [0.25, 0.3) is 6.08 Å². The second-order valence-electron chi connectivity index (χ2n) is 7.98. The highest BCUT2D eigenvalue weighted by atomic mass is 16.5. The van der Waals surface area contributed by atoms with E-state index in [4.69, 9.17) is 9.47 Å². The zero-order valence-corrected chi connectivity index (χ0v) is 18.8. The lowest BCUT2D eigenvalue weighted by Gasteiger charge is -2.35. The van der Waals surface area contributed by atoms with Crippen LogP contribution in [0.5, 0.6) is 11.5 Å². The van der Waals surface area contributed by atoms with E-state index in [1.165, 1.54) is 0 Å². The minimum absolute atomic E-state index is 0.0858. The standard InChI is InChI=1S/C27H29N3O3/c1-32-26-10-3-2-9-25(26)30-18-6-8-22(19-30)29-27(31)16-13-21-11-14-24(15-12-21)33-20-23-7-4-5-17-28-23/h2-5,7,9-17,22H,6,8,18-20H2,1H3,(H,29,31)/b16-13+. The van der Waals surface area contributed by atoms with Gasteiger partial charge in [-0.15, -0.1) is 0 Å². The zero-order valence-electron chi connectivity index (χ0n) is 18.8. The van der Waals surface area contributed by atoms with Crippen LogP contribution in [0.1, 0.15) is 24.1 Å². The normalized spacial score (nSPS) is 15.9. The minimum atomic E-state index is -0.0858. The Morgan fingerprint density at radius 2 is 1.94 bits per heavy atom. The van der Waals surface area contributed by atoms with Gasteiger partial charge >= 0.3 is 0 Å². The molecular weight excluding hydrogens is 414 g/mol. The second-order valence-corrected chi connectivity index (χ2v) is 7.98. The predicted molar refractivity (Wildman–Crippen MR) is 130 cm³/mol. The van der Waals surface area contributed by atoms with Gasteiger partial charge in [0.15, 0.2) is 0 Å². The number of aromatic nitrogens is 1. The molecule has 0 aliphatic carbocycles. The number of para-hydroxylation sites is 2. The maximum Gasteiger partial charge on any atom is 0.244 e. The van der Waals surface area contributed by atoms with Crippen LogP contribution in [0.15, 0.2) is 79.0 Å². The fraction of sp³-hybridized carbons (Fsp3) is 0.259. The van der Waals surface area contributed by atoms with Crippen molar-refractivity contribution in [1.29, 1.82) is 0 Å². The van der Waals surface area contributed by atoms with Gasteiger partial charge in [0.1, 0.15) is 18.1 Å². The number of pyridine rings is 1. The first-order chi connectivity index (χ1) is 16.2. The summed E-state index contributed by atoms with van der Waals surface area (Å²) >= 11 is 0. The fourth-order valence-electron chi connectivity index (χ4n) is 3.94. The van der Waals surface area contributed by atoms with Crippen molar-refractivity contribution in [3.63, 3.8) is 0 Å². The maximum absolute atomic E-state index is 12.5. The second kappa shape index (κ2) is 11.2. The zero-order chi connectivity index (χ0) is 22.9. The van der Waals surface area contributed by atoms with Gasteiger partial charge in [0.25, 0.3) is 0 Å². The third-order valence-corrected chi connectivity index (χ3v) is 5.61. The van der Waals surface area contributed by atoms with Crippen molar-refractivity contribution >= 4 is 17.7 Å². The minimum Gasteiger partial charge on any atom is -0.495 e. The first kappa shape index (κ1) is 22.4. The summed E-state index contributed by atoms with van der Waals surface area (Å²) in [7, 11) is 1.69. The van der Waals surface area contributed by atoms with Crippen molar-refractivity contribution in [1.82, 2.24) is 10.3 Å². The lowest BCUT2D eigenvalue weighted by atomic mass is 10.0. The van der Waals surface area contributed by atoms with Gasteiger partial charge < -0.3 is 19.7 Å². The molecule has 1 amide bonds. The molecule has 33 heavy (non-hydrogen) atoms. The molecule has 3 aromatic rings. The van der Waals surface area contributed by atoms with E-state index in [1.807, 2.05) is 66.7 Å². The quantitative estimate of drug-likeness (QED) is 0.521. The van der Waals surface area contributed by atoms with Gasteiger partial charge in [-0.3, -0.25) is 9.78 Å². The Balaban J connectivity index is 1.28. The Hall–Kier alpha value is -3.80. The van der Waals surface area contributed by atoms with Crippen molar-refractivity contribution in [2.45, 2.75) is 25.5 Å². The largest absolute Gasteiger partial charge is 0.495 e. The summed E-state index contributed by atoms with van der Waals surface area (Å²) in [4.78, 5) is 19.0. The number of nitrogens with one attached hydrogen (secondary N) is 1. The lowest BCUT2D eigenvalue weighted by Crippen LogP contribution is -2.47. The summed E-state index contributed by atoms with van der Waals surface area (Å²) in [6, 6.07) is 21.5. The summed E-state index contributed by atoms with van der Waals surface area (Å²) < 4.78 is 11.3. The van der Waals surface area contributed by atoms with Crippen LogP contribution in [0.2, 0.25) is 0 Å². The van der Waals surface area contributed by atoms with Crippen molar-refractivity contribution in [3.05, 3.63) is 90.3 Å². The molecule has 1 unspecified atom stereocenters. The Morgan fingerprint density at radius 1 is 1.12 bits per heavy atom. The van der Waals surface area contributed by atoms with E-state index < -0.39 is 0 Å². The molecule has 1 aliphatic rings. The Bertz CT molecular complexity index is 1070. The van der Waals surface area contributed by atoms with E-state index in [0.29, 0.717) is 6.61 Å². The lowest BCUT2D eigenvalue weighted by molar-refractivity contribution is -0.117. The van der Waals surface area contributed by atoms with Gasteiger partial charge in [-0.25, -0.2) is 0 Å². The molecule has 1 aromatic heterocycles. The fourth-order valence-corrected chi connectivity index (χ4v) is 3.94. The van der Waals surface area contributed by atoms with Gasteiger partial charge in [-0.2, -0.15) is 0 Å². The molecule has 1 saturated heterocycles. The average Bonchev–Trinajstić information content (AvgIpc) is 2.87. The van der Waals surface area contributed by atoms with E-state index in [-0.39, 0.29) is 11.9 Å². The van der Waals surface area contributed by atoms with Crippen LogP contribution < -0.4 is 19.7 Å². The number of carbonyl (C=O) groups excluding carboxylic acids is 1. The first-order valence-electron chi connectivity index (χ1n) is 11.2. The molecule has 0 spiro atoms. The van der Waals surface area contributed by atoms with Gasteiger partial charge in [0.2, 0.25) is 5.91 Å². The third kappa shape index (κ3) is 6.35. The Kier molecular flexibility index (Phi) is 7.59. The maximum atomic E-state index is 12.5. The van der Waals surface area contributed by atoms with Crippen LogP contribution in [-0.2, 0) is 11.4 Å². The van der Waals surface area contributed by atoms with Crippen LogP contribution in [-0.4, -0.2) is 37.1 Å². The predicted octanol–water partition coefficient (Wildman–Crippen LogP) is 4.47. The van der Waals surface area contributed by atoms with Gasteiger partial charge in [-0.1, -0.05) is 30.3 Å². The molecule has 2 heterocycles. The molecule has 1 aliphatic heterocycles. The van der Waals surface area contributed by atoms with Crippen LogP contribution >= 0.6 is 0 Å². The van der Waals surface area contributed by atoms with Crippen molar-refractivity contribution in [3.8, 4) is 11.5 Å². The van der Waals surface area contributed by atoms with Crippen LogP contribution in [0.4, 0.5) is 5.69 Å². The Morgan fingerprint density at radius 3 is 2.73 bits per heavy atom. The molecule has 1 fully saturated rings. The number of benzene rings is 2. The van der Waals surface area contributed by atoms with E-state index in [9.17, 15) is 4.79 Å². The SMILES string of the molecule is COc1ccccc1N1CCCC(NC(=O)/C=C/c2ccc(OCc3ccccn3)cc2)C1. The molecule has 0 saturated carbocycles. The number of carbonyl (C=O) groups is 1. The molecule has 2 aromatic carbocycles. The summed E-state index contributed by atoms with van der Waals surface area (Å²) in [6.45, 7) is 2.14. The number of anilines is 1. The van der Waals surface area contributed by atoms with E-state index >= 15 is 0 Å². The topological polar surface area (TPSA) is 63.7 Å². The highest BCUT2D eigenvalue weighted by molar-refractivity contribution is 5.92. The number of amides is 1. The molecule has 0 radical (unpaired) electrons. The van der Waals surface area contributed by atoms with Crippen LogP contribution in [0, 0.1) is 0 Å². The van der Waals surface area contributed by atoms with Crippen molar-refractivity contribution in [2.75, 3.05) is 25.1 Å². The molecule has 170 valence electrons. The number of hydrogen-bond donors (Lipinski definition) is 1. The summed E-state index contributed by atoms with van der Waals surface area (Å²) in [6.07, 6.45) is 7.14. The molecule has 6 heteroatoms. The molecular formula is C27H29N3O3. The van der Waals surface area contributed by atoms with Gasteiger partial charge in [0.05, 0.1) is 18.5 Å². The number of rotatable bonds is 8. The van der Waals surface area contributed by atoms with E-state index in [1.54, 1.807) is 19.4 Å². The smallest absolute Gasteiger partial charge is 0.244 e. The van der Waals surface area contributed by atoms with E-state index in [0.717, 1.165) is 54.4 Å². The number of piperidine rings is 1. The monoisotopic (exact) mass is 443 g/mol. The van der Waals surface area contributed by atoms with Gasteiger partial charge in [0, 0.05) is 31.4 Å². The Labute approximate surface area is 194 Å². The summed E-state index contributed by atoms with van der Waals surface area (Å²) in [5.41, 5.74) is 2.89. The highest BCUT2D eigenvalue weighted by Crippen LogP contribution is 2.29. The number of methoxy groups -OCH3 is 1. The number of ether oxygens (including phenoxy) is 2. The average molecular weight is 444 g/mol. The molecule has 6 nitrogen and oxygen atoms in total. The third-order valence-electron chi connectivity index (χ3n) is 5.61. The van der Waals surface area contributed by atoms with Crippen molar-refractivity contribution in [2.24, 2.45) is 0 Å². The molecule has 4 rings (SSSR count). The highest BCUT2D eigenvalue weighted by Gasteiger charge is 2.22.